The van der Waals surface area contributed by atoms with Crippen LogP contribution in [0.2, 0.25) is 0 Å². The van der Waals surface area contributed by atoms with Gasteiger partial charge in [0.25, 0.3) is 5.91 Å². The van der Waals surface area contributed by atoms with E-state index in [0.717, 1.165) is 11.1 Å². The van der Waals surface area contributed by atoms with Gasteiger partial charge in [0.1, 0.15) is 29.5 Å². The van der Waals surface area contributed by atoms with Crippen molar-refractivity contribution in [2.75, 3.05) is 0 Å². The van der Waals surface area contributed by atoms with Gasteiger partial charge in [-0.15, -0.1) is 0 Å². The zero-order chi connectivity index (χ0) is 28.1. The summed E-state index contributed by atoms with van der Waals surface area (Å²) >= 11 is 0. The fourth-order valence-corrected chi connectivity index (χ4v) is 3.87. The summed E-state index contributed by atoms with van der Waals surface area (Å²) in [6.45, 7) is 5.33. The van der Waals surface area contributed by atoms with Gasteiger partial charge in [-0.2, -0.15) is 10.2 Å². The van der Waals surface area contributed by atoms with Crippen LogP contribution in [0.5, 0.6) is 5.75 Å². The molecule has 0 bridgehead atoms. The summed E-state index contributed by atoms with van der Waals surface area (Å²) in [4.78, 5) is 34.4. The maximum atomic E-state index is 12.7. The number of amides is 1. The molecular weight excluding hydrogens is 506 g/mol. The molecule has 4 rings (SSSR count). The number of furan rings is 1. The van der Waals surface area contributed by atoms with Crippen molar-refractivity contribution < 1.29 is 28.8 Å². The average Bonchev–Trinajstić information content (AvgIpc) is 3.50. The minimum Gasteiger partial charge on any atom is -0.486 e. The maximum Gasteiger partial charge on any atom is 0.371 e. The smallest absolute Gasteiger partial charge is 0.371 e. The van der Waals surface area contributed by atoms with Crippen LogP contribution in [0.3, 0.4) is 0 Å². The SMILES string of the molecule is C/C(=N\NC(=O)c1cccc(Cn2nc(C)c([N+](=O)[O-])c2C)c1)c1ccc(OCc2ccc(C(=O)O)o2)cc1. The van der Waals surface area contributed by atoms with E-state index < -0.39 is 16.8 Å². The van der Waals surface area contributed by atoms with Gasteiger partial charge < -0.3 is 14.3 Å². The molecule has 39 heavy (non-hydrogen) atoms. The highest BCUT2D eigenvalue weighted by molar-refractivity contribution is 6.01. The van der Waals surface area contributed by atoms with Crippen molar-refractivity contribution in [1.82, 2.24) is 15.2 Å². The summed E-state index contributed by atoms with van der Waals surface area (Å²) in [5.41, 5.74) is 5.78. The second kappa shape index (κ2) is 11.4. The van der Waals surface area contributed by atoms with Gasteiger partial charge in [-0.1, -0.05) is 12.1 Å². The number of nitro groups is 1. The minimum absolute atomic E-state index is 0.0137. The van der Waals surface area contributed by atoms with Crippen molar-refractivity contribution in [2.24, 2.45) is 5.10 Å². The summed E-state index contributed by atoms with van der Waals surface area (Å²) in [5, 5.41) is 28.6. The number of aromatic nitrogens is 2. The van der Waals surface area contributed by atoms with E-state index in [1.165, 1.54) is 6.07 Å². The van der Waals surface area contributed by atoms with Gasteiger partial charge in [-0.3, -0.25) is 19.6 Å². The van der Waals surface area contributed by atoms with Gasteiger partial charge in [0.15, 0.2) is 0 Å². The van der Waals surface area contributed by atoms with E-state index in [0.29, 0.717) is 34.2 Å². The molecule has 2 aromatic heterocycles. The molecule has 12 heteroatoms. The summed E-state index contributed by atoms with van der Waals surface area (Å²) in [5.74, 6) is -0.771. The van der Waals surface area contributed by atoms with E-state index in [2.05, 4.69) is 15.6 Å². The fourth-order valence-electron chi connectivity index (χ4n) is 3.87. The Bertz CT molecular complexity index is 1570. The standard InChI is InChI=1S/C27H25N5O7/c1-16(20-7-9-22(10-8-20)38-15-23-11-12-24(39-23)27(34)35)28-29-26(33)21-6-4-5-19(13-21)14-31-18(3)25(32(36)37)17(2)30-31/h4-13H,14-15H2,1-3H3,(H,29,33)(H,34,35)/b28-16+. The Morgan fingerprint density at radius 2 is 1.87 bits per heavy atom. The van der Waals surface area contributed by atoms with Crippen LogP contribution >= 0.6 is 0 Å². The van der Waals surface area contributed by atoms with Crippen molar-refractivity contribution >= 4 is 23.3 Å². The molecule has 0 fully saturated rings. The summed E-state index contributed by atoms with van der Waals surface area (Å²) in [7, 11) is 0. The lowest BCUT2D eigenvalue weighted by Crippen LogP contribution is -2.19. The number of nitrogens with one attached hydrogen (secondary N) is 1. The Kier molecular flexibility index (Phi) is 7.85. The van der Waals surface area contributed by atoms with Crippen LogP contribution in [0.15, 0.2) is 70.2 Å². The quantitative estimate of drug-likeness (QED) is 0.172. The van der Waals surface area contributed by atoms with E-state index in [1.54, 1.807) is 74.0 Å². The first-order valence-corrected chi connectivity index (χ1v) is 11.8. The Balaban J connectivity index is 1.36. The lowest BCUT2D eigenvalue weighted by molar-refractivity contribution is -0.386. The monoisotopic (exact) mass is 531 g/mol. The number of hydrogen-bond donors (Lipinski definition) is 2. The number of benzene rings is 2. The van der Waals surface area contributed by atoms with Crippen molar-refractivity contribution in [3.8, 4) is 5.75 Å². The number of aryl methyl sites for hydroxylation is 1. The lowest BCUT2D eigenvalue weighted by atomic mass is 10.1. The number of carbonyl (C=O) groups excluding carboxylic acids is 1. The molecule has 200 valence electrons. The zero-order valence-electron chi connectivity index (χ0n) is 21.4. The number of aromatic carboxylic acids is 1. The molecule has 0 atom stereocenters. The molecule has 0 aliphatic heterocycles. The summed E-state index contributed by atoms with van der Waals surface area (Å²) < 4.78 is 12.3. The third-order valence-corrected chi connectivity index (χ3v) is 5.90. The maximum absolute atomic E-state index is 12.7. The van der Waals surface area contributed by atoms with Crippen molar-refractivity contribution in [3.05, 3.63) is 110 Å². The number of hydrazone groups is 1. The lowest BCUT2D eigenvalue weighted by Gasteiger charge is -2.08. The molecule has 12 nitrogen and oxygen atoms in total. The Morgan fingerprint density at radius 1 is 1.13 bits per heavy atom. The number of carboxylic acids is 1. The molecule has 2 heterocycles. The molecule has 4 aromatic rings. The van der Waals surface area contributed by atoms with Gasteiger partial charge in [0.2, 0.25) is 5.76 Å². The topological polar surface area (TPSA) is 162 Å². The first-order valence-electron chi connectivity index (χ1n) is 11.8. The highest BCUT2D eigenvalue weighted by atomic mass is 16.6. The molecule has 0 saturated heterocycles. The molecule has 1 amide bonds. The Morgan fingerprint density at radius 3 is 2.51 bits per heavy atom. The Labute approximate surface area is 222 Å². The largest absolute Gasteiger partial charge is 0.486 e. The molecule has 0 spiro atoms. The molecule has 0 radical (unpaired) electrons. The molecule has 2 N–H and O–H groups in total. The number of rotatable bonds is 10. The predicted molar refractivity (Wildman–Crippen MR) is 140 cm³/mol. The van der Waals surface area contributed by atoms with E-state index in [1.807, 2.05) is 6.07 Å². The third-order valence-electron chi connectivity index (χ3n) is 5.90. The molecular formula is C27H25N5O7. The van der Waals surface area contributed by atoms with Gasteiger partial charge in [0.05, 0.1) is 17.2 Å². The molecule has 0 unspecified atom stereocenters. The van der Waals surface area contributed by atoms with Gasteiger partial charge in [0, 0.05) is 5.56 Å². The fraction of sp³-hybridized carbons (Fsp3) is 0.185. The molecule has 2 aromatic carbocycles. The summed E-state index contributed by atoms with van der Waals surface area (Å²) in [6, 6.07) is 16.8. The second-order valence-electron chi connectivity index (χ2n) is 8.66. The normalized spacial score (nSPS) is 11.3. The number of carbonyl (C=O) groups is 2. The zero-order valence-corrected chi connectivity index (χ0v) is 21.4. The van der Waals surface area contributed by atoms with Crippen molar-refractivity contribution in [3.63, 3.8) is 0 Å². The van der Waals surface area contributed by atoms with Crippen LogP contribution < -0.4 is 10.2 Å². The van der Waals surface area contributed by atoms with Crippen LogP contribution in [-0.4, -0.2) is 37.4 Å². The highest BCUT2D eigenvalue weighted by Gasteiger charge is 2.21. The van der Waals surface area contributed by atoms with Crippen LogP contribution in [0, 0.1) is 24.0 Å². The van der Waals surface area contributed by atoms with Crippen LogP contribution in [0.25, 0.3) is 0 Å². The van der Waals surface area contributed by atoms with Crippen molar-refractivity contribution in [2.45, 2.75) is 33.9 Å². The van der Waals surface area contributed by atoms with Gasteiger partial charge >= 0.3 is 11.7 Å². The summed E-state index contributed by atoms with van der Waals surface area (Å²) in [6.07, 6.45) is 0. The third kappa shape index (κ3) is 6.36. The number of ether oxygens (including phenoxy) is 1. The first kappa shape index (κ1) is 26.8. The average molecular weight is 532 g/mol. The van der Waals surface area contributed by atoms with E-state index in [9.17, 15) is 19.7 Å². The number of hydrogen-bond acceptors (Lipinski definition) is 8. The molecule has 0 aliphatic carbocycles. The van der Waals surface area contributed by atoms with Crippen LogP contribution in [-0.2, 0) is 13.2 Å². The minimum atomic E-state index is -1.15. The number of carboxylic acid groups (broad SMARTS) is 1. The second-order valence-corrected chi connectivity index (χ2v) is 8.66. The van der Waals surface area contributed by atoms with E-state index >= 15 is 0 Å². The van der Waals surface area contributed by atoms with Crippen LogP contribution in [0.4, 0.5) is 5.69 Å². The van der Waals surface area contributed by atoms with E-state index in [-0.39, 0.29) is 24.6 Å². The van der Waals surface area contributed by atoms with Crippen LogP contribution in [0.1, 0.15) is 56.1 Å². The molecule has 0 aliphatic rings. The first-order chi connectivity index (χ1) is 18.6. The highest BCUT2D eigenvalue weighted by Crippen LogP contribution is 2.23. The van der Waals surface area contributed by atoms with Gasteiger partial charge in [-0.05, 0) is 80.4 Å². The predicted octanol–water partition coefficient (Wildman–Crippen LogP) is 4.48. The number of nitrogens with zero attached hydrogens (tertiary/aromatic N) is 4. The van der Waals surface area contributed by atoms with Crippen molar-refractivity contribution in [1.29, 1.82) is 0 Å². The van der Waals surface area contributed by atoms with E-state index in [4.69, 9.17) is 14.3 Å². The molecule has 0 saturated carbocycles. The van der Waals surface area contributed by atoms with Gasteiger partial charge in [-0.25, -0.2) is 10.2 Å². The Hall–Kier alpha value is -5.26.